The summed E-state index contributed by atoms with van der Waals surface area (Å²) < 4.78 is 1.92. The molecule has 0 aliphatic rings. The topological polar surface area (TPSA) is 55.6 Å². The van der Waals surface area contributed by atoms with E-state index in [9.17, 15) is 0 Å². The van der Waals surface area contributed by atoms with E-state index in [1.807, 2.05) is 37.0 Å². The fourth-order valence-corrected chi connectivity index (χ4v) is 1.84. The summed E-state index contributed by atoms with van der Waals surface area (Å²) in [4.78, 5) is 8.92. The number of nitrogens with zero attached hydrogens (tertiary/aromatic N) is 4. The standard InChI is InChI=1S/C14H21N5/c1-10(2)13-7-12(4)17-14(18-13)15-5-6-19-9-11(3)8-16-19/h7-10H,5-6H2,1-4H3,(H,15,17,18). The van der Waals surface area contributed by atoms with Gasteiger partial charge in [0, 0.05) is 24.1 Å². The first kappa shape index (κ1) is 13.5. The van der Waals surface area contributed by atoms with Gasteiger partial charge in [-0.1, -0.05) is 13.8 Å². The molecule has 0 saturated heterocycles. The summed E-state index contributed by atoms with van der Waals surface area (Å²) in [6.07, 6.45) is 3.89. The van der Waals surface area contributed by atoms with Gasteiger partial charge < -0.3 is 5.32 Å². The second-order valence-electron chi connectivity index (χ2n) is 5.12. The van der Waals surface area contributed by atoms with Crippen molar-refractivity contribution >= 4 is 5.95 Å². The third-order valence-electron chi connectivity index (χ3n) is 2.85. The highest BCUT2D eigenvalue weighted by Gasteiger charge is 2.05. The first-order chi connectivity index (χ1) is 9.04. The van der Waals surface area contributed by atoms with E-state index in [4.69, 9.17) is 0 Å². The summed E-state index contributed by atoms with van der Waals surface area (Å²) in [6, 6.07) is 2.03. The molecule has 0 unspecified atom stereocenters. The lowest BCUT2D eigenvalue weighted by atomic mass is 10.1. The Morgan fingerprint density at radius 2 is 2.05 bits per heavy atom. The first-order valence-corrected chi connectivity index (χ1v) is 6.63. The molecular formula is C14H21N5. The van der Waals surface area contributed by atoms with Crippen LogP contribution in [0.15, 0.2) is 18.5 Å². The molecule has 0 saturated carbocycles. The van der Waals surface area contributed by atoms with Gasteiger partial charge in [0.05, 0.1) is 12.7 Å². The van der Waals surface area contributed by atoms with E-state index in [2.05, 4.69) is 34.2 Å². The van der Waals surface area contributed by atoms with Gasteiger partial charge in [-0.2, -0.15) is 5.10 Å². The third-order valence-corrected chi connectivity index (χ3v) is 2.85. The highest BCUT2D eigenvalue weighted by Crippen LogP contribution is 2.14. The van der Waals surface area contributed by atoms with Crippen molar-refractivity contribution in [2.45, 2.75) is 40.2 Å². The average Bonchev–Trinajstić information content (AvgIpc) is 2.74. The van der Waals surface area contributed by atoms with Crippen molar-refractivity contribution < 1.29 is 0 Å². The molecule has 2 heterocycles. The van der Waals surface area contributed by atoms with Gasteiger partial charge in [0.15, 0.2) is 0 Å². The van der Waals surface area contributed by atoms with Crippen molar-refractivity contribution in [3.63, 3.8) is 0 Å². The van der Waals surface area contributed by atoms with Crippen molar-refractivity contribution in [2.75, 3.05) is 11.9 Å². The minimum Gasteiger partial charge on any atom is -0.352 e. The number of hydrogen-bond donors (Lipinski definition) is 1. The first-order valence-electron chi connectivity index (χ1n) is 6.63. The molecular weight excluding hydrogens is 238 g/mol. The molecule has 102 valence electrons. The van der Waals surface area contributed by atoms with Crippen molar-refractivity contribution in [2.24, 2.45) is 0 Å². The van der Waals surface area contributed by atoms with Crippen LogP contribution in [-0.2, 0) is 6.54 Å². The molecule has 2 aromatic rings. The highest BCUT2D eigenvalue weighted by atomic mass is 15.3. The van der Waals surface area contributed by atoms with Crippen LogP contribution in [0, 0.1) is 13.8 Å². The monoisotopic (exact) mass is 259 g/mol. The molecule has 0 aromatic carbocycles. The lowest BCUT2D eigenvalue weighted by molar-refractivity contribution is 0.635. The average molecular weight is 259 g/mol. The molecule has 0 atom stereocenters. The number of aryl methyl sites for hydroxylation is 2. The Kier molecular flexibility index (Phi) is 4.14. The van der Waals surface area contributed by atoms with Crippen LogP contribution < -0.4 is 5.32 Å². The van der Waals surface area contributed by atoms with Crippen molar-refractivity contribution in [1.82, 2.24) is 19.7 Å². The van der Waals surface area contributed by atoms with Gasteiger partial charge >= 0.3 is 0 Å². The van der Waals surface area contributed by atoms with Gasteiger partial charge in [-0.25, -0.2) is 9.97 Å². The van der Waals surface area contributed by atoms with Crippen molar-refractivity contribution in [3.05, 3.63) is 35.4 Å². The number of rotatable bonds is 5. The summed E-state index contributed by atoms with van der Waals surface area (Å²) in [5.41, 5.74) is 3.25. The van der Waals surface area contributed by atoms with Crippen molar-refractivity contribution in [1.29, 1.82) is 0 Å². The molecule has 0 aliphatic carbocycles. The minimum atomic E-state index is 0.413. The Morgan fingerprint density at radius 3 is 2.68 bits per heavy atom. The smallest absolute Gasteiger partial charge is 0.223 e. The van der Waals surface area contributed by atoms with Gasteiger partial charge in [-0.15, -0.1) is 0 Å². The van der Waals surface area contributed by atoms with E-state index in [0.29, 0.717) is 11.9 Å². The van der Waals surface area contributed by atoms with Gasteiger partial charge in [0.1, 0.15) is 0 Å². The maximum absolute atomic E-state index is 4.52. The molecule has 5 nitrogen and oxygen atoms in total. The van der Waals surface area contributed by atoms with Crippen LogP contribution in [-0.4, -0.2) is 26.3 Å². The van der Waals surface area contributed by atoms with Gasteiger partial charge in [0.25, 0.3) is 0 Å². The molecule has 0 spiro atoms. The van der Waals surface area contributed by atoms with E-state index >= 15 is 0 Å². The lowest BCUT2D eigenvalue weighted by Crippen LogP contribution is -2.13. The van der Waals surface area contributed by atoms with Crippen LogP contribution in [0.4, 0.5) is 5.95 Å². The van der Waals surface area contributed by atoms with E-state index in [-0.39, 0.29) is 0 Å². The van der Waals surface area contributed by atoms with Crippen LogP contribution in [0.25, 0.3) is 0 Å². The molecule has 1 N–H and O–H groups in total. The quantitative estimate of drug-likeness (QED) is 0.896. The molecule has 0 radical (unpaired) electrons. The summed E-state index contributed by atoms with van der Waals surface area (Å²) in [5, 5.41) is 7.50. The number of hydrogen-bond acceptors (Lipinski definition) is 4. The normalized spacial score (nSPS) is 11.0. The fraction of sp³-hybridized carbons (Fsp3) is 0.500. The van der Waals surface area contributed by atoms with E-state index in [0.717, 1.165) is 24.5 Å². The summed E-state index contributed by atoms with van der Waals surface area (Å²) in [5.74, 6) is 1.11. The summed E-state index contributed by atoms with van der Waals surface area (Å²) in [7, 11) is 0. The summed E-state index contributed by atoms with van der Waals surface area (Å²) in [6.45, 7) is 9.88. The number of anilines is 1. The predicted molar refractivity (Wildman–Crippen MR) is 76.3 cm³/mol. The molecule has 0 aliphatic heterocycles. The minimum absolute atomic E-state index is 0.413. The Morgan fingerprint density at radius 1 is 1.26 bits per heavy atom. The SMILES string of the molecule is Cc1cnn(CCNc2nc(C)cc(C(C)C)n2)c1. The number of nitrogens with one attached hydrogen (secondary N) is 1. The summed E-state index contributed by atoms with van der Waals surface area (Å²) >= 11 is 0. The van der Waals surface area contributed by atoms with Gasteiger partial charge in [0.2, 0.25) is 5.95 Å². The lowest BCUT2D eigenvalue weighted by Gasteiger charge is -2.10. The Balaban J connectivity index is 1.95. The maximum Gasteiger partial charge on any atom is 0.223 e. The number of aromatic nitrogens is 4. The maximum atomic E-state index is 4.52. The molecule has 5 heteroatoms. The molecule has 0 fully saturated rings. The Labute approximate surface area is 114 Å². The van der Waals surface area contributed by atoms with Crippen molar-refractivity contribution in [3.8, 4) is 0 Å². The van der Waals surface area contributed by atoms with Gasteiger partial charge in [-0.05, 0) is 31.4 Å². The van der Waals surface area contributed by atoms with Crippen LogP contribution in [0.1, 0.15) is 36.7 Å². The van der Waals surface area contributed by atoms with E-state index in [1.54, 1.807) is 0 Å². The molecule has 0 bridgehead atoms. The Bertz CT molecular complexity index is 545. The molecule has 19 heavy (non-hydrogen) atoms. The zero-order valence-corrected chi connectivity index (χ0v) is 12.0. The zero-order valence-electron chi connectivity index (χ0n) is 12.0. The van der Waals surface area contributed by atoms with Gasteiger partial charge in [-0.3, -0.25) is 4.68 Å². The molecule has 0 amide bonds. The van der Waals surface area contributed by atoms with E-state index < -0.39 is 0 Å². The van der Waals surface area contributed by atoms with E-state index in [1.165, 1.54) is 5.56 Å². The molecule has 2 aromatic heterocycles. The van der Waals surface area contributed by atoms with Crippen LogP contribution in [0.3, 0.4) is 0 Å². The fourth-order valence-electron chi connectivity index (χ4n) is 1.84. The highest BCUT2D eigenvalue weighted by molar-refractivity contribution is 5.28. The second-order valence-corrected chi connectivity index (χ2v) is 5.12. The second kappa shape index (κ2) is 5.82. The largest absolute Gasteiger partial charge is 0.352 e. The predicted octanol–water partition coefficient (Wildman–Crippen LogP) is 2.53. The molecule has 2 rings (SSSR count). The Hall–Kier alpha value is -1.91. The third kappa shape index (κ3) is 3.77. The van der Waals surface area contributed by atoms with Crippen LogP contribution >= 0.6 is 0 Å². The van der Waals surface area contributed by atoms with Crippen LogP contribution in [0.2, 0.25) is 0 Å². The zero-order chi connectivity index (χ0) is 13.8. The van der Waals surface area contributed by atoms with Crippen LogP contribution in [0.5, 0.6) is 0 Å².